The van der Waals surface area contributed by atoms with Crippen LogP contribution in [0.5, 0.6) is 5.75 Å². The summed E-state index contributed by atoms with van der Waals surface area (Å²) in [5, 5.41) is 13.2. The molecule has 0 radical (unpaired) electrons. The van der Waals surface area contributed by atoms with E-state index in [1.54, 1.807) is 24.3 Å². The van der Waals surface area contributed by atoms with Crippen molar-refractivity contribution in [3.8, 4) is 5.75 Å². The molecule has 1 aromatic carbocycles. The van der Waals surface area contributed by atoms with Gasteiger partial charge in [-0.25, -0.2) is 13.4 Å². The highest BCUT2D eigenvalue weighted by Gasteiger charge is 2.09. The minimum atomic E-state index is -3.30. The quantitative estimate of drug-likeness (QED) is 0.906. The Hall–Kier alpha value is -1.79. The van der Waals surface area contributed by atoms with Crippen LogP contribution in [0.4, 0.5) is 5.69 Å². The van der Waals surface area contributed by atoms with Crippen LogP contribution in [0, 0.1) is 0 Å². The topological polar surface area (TPSA) is 79.3 Å². The number of sulfone groups is 1. The summed E-state index contributed by atoms with van der Waals surface area (Å²) in [5.41, 5.74) is 1.21. The van der Waals surface area contributed by atoms with E-state index < -0.39 is 9.84 Å². The molecule has 7 heteroatoms. The molecule has 5 nitrogen and oxygen atoms in total. The van der Waals surface area contributed by atoms with E-state index in [4.69, 9.17) is 11.6 Å². The minimum absolute atomic E-state index is 0.0173. The van der Waals surface area contributed by atoms with E-state index in [1.807, 2.05) is 0 Å². The van der Waals surface area contributed by atoms with E-state index in [0.717, 1.165) is 6.26 Å². The Bertz CT molecular complexity index is 695. The van der Waals surface area contributed by atoms with Crippen molar-refractivity contribution in [3.05, 3.63) is 47.1 Å². The lowest BCUT2D eigenvalue weighted by Crippen LogP contribution is -2.03. The molecule has 0 unspecified atom stereocenters. The van der Waals surface area contributed by atoms with Crippen molar-refractivity contribution in [1.82, 2.24) is 4.98 Å². The number of phenols is 1. The Morgan fingerprint density at radius 2 is 2.05 bits per heavy atom. The van der Waals surface area contributed by atoms with Gasteiger partial charge in [-0.1, -0.05) is 17.7 Å². The summed E-state index contributed by atoms with van der Waals surface area (Å²) in [5.74, 6) is 0.103. The van der Waals surface area contributed by atoms with Crippen molar-refractivity contribution < 1.29 is 13.5 Å². The van der Waals surface area contributed by atoms with Crippen LogP contribution in [0.25, 0.3) is 0 Å². The zero-order valence-corrected chi connectivity index (χ0v) is 12.2. The fraction of sp³-hybridized carbons (Fsp3) is 0.154. The van der Waals surface area contributed by atoms with Gasteiger partial charge in [-0.15, -0.1) is 0 Å². The Kier molecular flexibility index (Phi) is 4.15. The molecule has 0 aliphatic carbocycles. The maximum Gasteiger partial charge on any atom is 0.192 e. The van der Waals surface area contributed by atoms with E-state index in [2.05, 4.69) is 10.3 Å². The summed E-state index contributed by atoms with van der Waals surface area (Å²) in [6.45, 7) is 0.311. The fourth-order valence-corrected chi connectivity index (χ4v) is 2.41. The second-order valence-corrected chi connectivity index (χ2v) is 6.62. The van der Waals surface area contributed by atoms with Crippen LogP contribution in [0.3, 0.4) is 0 Å². The van der Waals surface area contributed by atoms with Crippen LogP contribution in [0.2, 0.25) is 5.02 Å². The Labute approximate surface area is 122 Å². The predicted octanol–water partition coefficient (Wildman–Crippen LogP) is 2.46. The number of halogens is 1. The molecule has 0 amide bonds. The van der Waals surface area contributed by atoms with Gasteiger partial charge in [-0.2, -0.15) is 0 Å². The normalized spacial score (nSPS) is 11.3. The van der Waals surface area contributed by atoms with Gasteiger partial charge in [0.1, 0.15) is 5.75 Å². The van der Waals surface area contributed by atoms with Crippen molar-refractivity contribution in [2.45, 2.75) is 11.6 Å². The van der Waals surface area contributed by atoms with E-state index in [-0.39, 0.29) is 10.8 Å². The van der Waals surface area contributed by atoms with Crippen LogP contribution in [0.15, 0.2) is 41.6 Å². The number of aromatic hydroxyl groups is 1. The van der Waals surface area contributed by atoms with Gasteiger partial charge in [0.25, 0.3) is 0 Å². The summed E-state index contributed by atoms with van der Waals surface area (Å²) in [6, 6.07) is 7.92. The van der Waals surface area contributed by atoms with Crippen LogP contribution < -0.4 is 5.32 Å². The third-order valence-electron chi connectivity index (χ3n) is 2.68. The first-order valence-corrected chi connectivity index (χ1v) is 8.01. The number of nitrogens with one attached hydrogen (secondary N) is 1. The number of nitrogens with zero attached hydrogens (tertiary/aromatic N) is 1. The molecule has 0 fully saturated rings. The molecule has 0 saturated heterocycles. The zero-order valence-electron chi connectivity index (χ0n) is 10.7. The first-order valence-electron chi connectivity index (χ1n) is 5.74. The average Bonchev–Trinajstić information content (AvgIpc) is 2.37. The monoisotopic (exact) mass is 312 g/mol. The van der Waals surface area contributed by atoms with Gasteiger partial charge in [-0.3, -0.25) is 0 Å². The number of phenolic OH excluding ortho intramolecular Hbond substituents is 1. The second-order valence-electron chi connectivity index (χ2n) is 4.25. The van der Waals surface area contributed by atoms with Gasteiger partial charge in [-0.05, 0) is 24.3 Å². The van der Waals surface area contributed by atoms with Crippen molar-refractivity contribution in [2.24, 2.45) is 0 Å². The maximum absolute atomic E-state index is 11.3. The Morgan fingerprint density at radius 1 is 1.30 bits per heavy atom. The molecule has 0 aliphatic heterocycles. The van der Waals surface area contributed by atoms with E-state index in [0.29, 0.717) is 22.8 Å². The van der Waals surface area contributed by atoms with Gasteiger partial charge in [0.2, 0.25) is 0 Å². The van der Waals surface area contributed by atoms with Crippen molar-refractivity contribution in [3.63, 3.8) is 0 Å². The van der Waals surface area contributed by atoms with Crippen LogP contribution >= 0.6 is 11.6 Å². The van der Waals surface area contributed by atoms with Gasteiger partial charge in [0.05, 0.1) is 11.9 Å². The smallest absolute Gasteiger partial charge is 0.192 e. The third kappa shape index (κ3) is 3.40. The molecule has 0 saturated carbocycles. The number of hydrogen-bond donors (Lipinski definition) is 2. The Morgan fingerprint density at radius 3 is 2.60 bits per heavy atom. The lowest BCUT2D eigenvalue weighted by Gasteiger charge is -2.09. The third-order valence-corrected chi connectivity index (χ3v) is 4.04. The summed E-state index contributed by atoms with van der Waals surface area (Å²) >= 11 is 5.99. The number of aromatic nitrogens is 1. The molecule has 2 rings (SSSR count). The highest BCUT2D eigenvalue weighted by Crippen LogP contribution is 2.26. The van der Waals surface area contributed by atoms with E-state index >= 15 is 0 Å². The molecular weight excluding hydrogens is 300 g/mol. The molecule has 20 heavy (non-hydrogen) atoms. The lowest BCUT2D eigenvalue weighted by atomic mass is 10.2. The van der Waals surface area contributed by atoms with Gasteiger partial charge in [0, 0.05) is 23.4 Å². The van der Waals surface area contributed by atoms with E-state index in [1.165, 1.54) is 12.3 Å². The molecule has 0 atom stereocenters. The molecule has 1 heterocycles. The van der Waals surface area contributed by atoms with E-state index in [9.17, 15) is 13.5 Å². The standard InChI is InChI=1S/C13H13ClN2O3S/c1-20(18,19)13-6-5-9(7-16-13)15-8-10-11(14)3-2-4-12(10)17/h2-7,15,17H,8H2,1H3. The SMILES string of the molecule is CS(=O)(=O)c1ccc(NCc2c(O)cccc2Cl)cn1. The highest BCUT2D eigenvalue weighted by molar-refractivity contribution is 7.90. The fourth-order valence-electron chi connectivity index (χ4n) is 1.62. The minimum Gasteiger partial charge on any atom is -0.508 e. The largest absolute Gasteiger partial charge is 0.508 e. The van der Waals surface area contributed by atoms with Crippen molar-refractivity contribution in [1.29, 1.82) is 0 Å². The molecular formula is C13H13ClN2O3S. The Balaban J connectivity index is 2.12. The summed E-state index contributed by atoms with van der Waals surface area (Å²) in [7, 11) is -3.30. The van der Waals surface area contributed by atoms with Gasteiger partial charge in [0.15, 0.2) is 14.9 Å². The number of benzene rings is 1. The van der Waals surface area contributed by atoms with Crippen molar-refractivity contribution >= 4 is 27.1 Å². The molecule has 0 spiro atoms. The van der Waals surface area contributed by atoms with Crippen LogP contribution in [0.1, 0.15) is 5.56 Å². The van der Waals surface area contributed by atoms with Crippen LogP contribution in [-0.2, 0) is 16.4 Å². The zero-order chi connectivity index (χ0) is 14.8. The van der Waals surface area contributed by atoms with Crippen molar-refractivity contribution in [2.75, 3.05) is 11.6 Å². The summed E-state index contributed by atoms with van der Waals surface area (Å²) in [6.07, 6.45) is 2.52. The molecule has 106 valence electrons. The average molecular weight is 313 g/mol. The predicted molar refractivity (Wildman–Crippen MR) is 77.8 cm³/mol. The summed E-state index contributed by atoms with van der Waals surface area (Å²) in [4.78, 5) is 3.86. The molecule has 1 aromatic heterocycles. The van der Waals surface area contributed by atoms with Crippen LogP contribution in [-0.4, -0.2) is 24.8 Å². The maximum atomic E-state index is 11.3. The number of pyridine rings is 1. The first-order chi connectivity index (χ1) is 9.38. The lowest BCUT2D eigenvalue weighted by molar-refractivity contribution is 0.469. The number of hydrogen-bond acceptors (Lipinski definition) is 5. The first kappa shape index (κ1) is 14.6. The van der Waals surface area contributed by atoms with Gasteiger partial charge < -0.3 is 10.4 Å². The molecule has 2 aromatic rings. The highest BCUT2D eigenvalue weighted by atomic mass is 35.5. The molecule has 0 bridgehead atoms. The molecule has 2 N–H and O–H groups in total. The molecule has 0 aliphatic rings. The summed E-state index contributed by atoms with van der Waals surface area (Å²) < 4.78 is 22.6. The second kappa shape index (κ2) is 5.68. The number of rotatable bonds is 4. The van der Waals surface area contributed by atoms with Gasteiger partial charge >= 0.3 is 0 Å². The number of anilines is 1.